The second kappa shape index (κ2) is 16.1. The lowest BCUT2D eigenvalue weighted by Gasteiger charge is -2.31. The van der Waals surface area contributed by atoms with Crippen molar-refractivity contribution in [1.29, 1.82) is 0 Å². The largest absolute Gasteiger partial charge is 0.309 e. The number of aromatic nitrogens is 2. The maximum atomic E-state index is 2.53. The molecule has 4 aliphatic rings. The molecule has 0 amide bonds. The van der Waals surface area contributed by atoms with Crippen molar-refractivity contribution in [3.8, 4) is 78.1 Å². The van der Waals surface area contributed by atoms with E-state index in [1.807, 2.05) is 0 Å². The molecule has 0 atom stereocenters. The molecule has 0 bridgehead atoms. The third-order valence-electron chi connectivity index (χ3n) is 18.7. The first-order chi connectivity index (χ1) is 39.1. The Hall–Kier alpha value is -9.76. The minimum Gasteiger partial charge on any atom is -0.309 e. The van der Waals surface area contributed by atoms with Crippen molar-refractivity contribution in [2.45, 2.75) is 31.1 Å². The molecule has 0 N–H and O–H groups in total. The third kappa shape index (κ3) is 6.06. The lowest BCUT2D eigenvalue weighted by Crippen LogP contribution is -2.26. The summed E-state index contributed by atoms with van der Waals surface area (Å²) >= 11 is 0. The Balaban J connectivity index is 0.779. The summed E-state index contributed by atoms with van der Waals surface area (Å²) in [6.45, 7) is 0. The van der Waals surface area contributed by atoms with E-state index in [1.54, 1.807) is 0 Å². The van der Waals surface area contributed by atoms with E-state index in [9.17, 15) is 0 Å². The number of nitrogens with zero attached hydrogens (tertiary/aromatic N) is 2. The van der Waals surface area contributed by atoms with Crippen LogP contribution in [0.4, 0.5) is 0 Å². The summed E-state index contributed by atoms with van der Waals surface area (Å²) in [5.41, 5.74) is 33.2. The Morgan fingerprint density at radius 2 is 0.595 bits per heavy atom. The molecule has 18 rings (SSSR count). The highest BCUT2D eigenvalue weighted by molar-refractivity contribution is 6.12. The van der Waals surface area contributed by atoms with Gasteiger partial charge in [0.1, 0.15) is 0 Å². The topological polar surface area (TPSA) is 9.86 Å². The zero-order valence-electron chi connectivity index (χ0n) is 43.5. The van der Waals surface area contributed by atoms with E-state index in [4.69, 9.17) is 0 Å². The van der Waals surface area contributed by atoms with Crippen molar-refractivity contribution in [2.75, 3.05) is 0 Å². The fourth-order valence-corrected chi connectivity index (χ4v) is 14.8. The Labute approximate surface area is 458 Å². The van der Waals surface area contributed by atoms with Crippen LogP contribution in [0.2, 0.25) is 0 Å². The first-order valence-corrected chi connectivity index (χ1v) is 28.1. The van der Waals surface area contributed by atoms with Crippen LogP contribution < -0.4 is 0 Å². The Morgan fingerprint density at radius 1 is 0.228 bits per heavy atom. The number of hydrogen-bond donors (Lipinski definition) is 0. The molecule has 12 aromatic carbocycles. The summed E-state index contributed by atoms with van der Waals surface area (Å²) in [4.78, 5) is 0. The van der Waals surface area contributed by atoms with Gasteiger partial charge >= 0.3 is 0 Å². The van der Waals surface area contributed by atoms with Crippen LogP contribution in [0.1, 0.15) is 44.5 Å². The van der Waals surface area contributed by atoms with E-state index < -0.39 is 5.41 Å². The second-order valence-electron chi connectivity index (χ2n) is 22.6. The predicted octanol–water partition coefficient (Wildman–Crippen LogP) is 19.1. The Morgan fingerprint density at radius 3 is 1.06 bits per heavy atom. The van der Waals surface area contributed by atoms with Crippen LogP contribution in [0.3, 0.4) is 0 Å². The molecule has 2 heterocycles. The molecule has 14 aromatic rings. The predicted molar refractivity (Wildman–Crippen MR) is 328 cm³/mol. The average molecular weight is 1000 g/mol. The lowest BCUT2D eigenvalue weighted by molar-refractivity contribution is 0.794. The van der Waals surface area contributed by atoms with Gasteiger partial charge in [-0.1, -0.05) is 182 Å². The molecule has 0 unspecified atom stereocenters. The number of para-hydroxylation sites is 2. The van der Waals surface area contributed by atoms with E-state index in [2.05, 4.69) is 264 Å². The molecule has 0 aliphatic heterocycles. The first kappa shape index (κ1) is 43.4. The minimum absolute atomic E-state index is 0.514. The van der Waals surface area contributed by atoms with Gasteiger partial charge < -0.3 is 9.13 Å². The molecule has 0 fully saturated rings. The van der Waals surface area contributed by atoms with Gasteiger partial charge in [-0.05, 0) is 210 Å². The smallest absolute Gasteiger partial charge is 0.0725 e. The molecule has 368 valence electrons. The first-order valence-electron chi connectivity index (χ1n) is 28.1. The van der Waals surface area contributed by atoms with E-state index in [-0.39, 0.29) is 0 Å². The van der Waals surface area contributed by atoms with Gasteiger partial charge in [0.25, 0.3) is 0 Å². The molecule has 0 saturated heterocycles. The lowest BCUT2D eigenvalue weighted by atomic mass is 9.70. The van der Waals surface area contributed by atoms with Gasteiger partial charge in [0, 0.05) is 32.9 Å². The summed E-state index contributed by atoms with van der Waals surface area (Å²) in [6, 6.07) is 97.3. The van der Waals surface area contributed by atoms with Crippen molar-refractivity contribution in [1.82, 2.24) is 9.13 Å². The summed E-state index contributed by atoms with van der Waals surface area (Å²) < 4.78 is 4.92. The molecule has 2 nitrogen and oxygen atoms in total. The highest BCUT2D eigenvalue weighted by atomic mass is 15.0. The molecular weight excluding hydrogens is 953 g/mol. The van der Waals surface area contributed by atoms with Gasteiger partial charge in [0.05, 0.1) is 27.5 Å². The maximum absolute atomic E-state index is 2.53. The SMILES string of the molecule is c1cc(-c2ccc3c(c2)CC3)cc(-n2c3ccccc3c3cc(-c4ccc5c(c4)C4(c6ccccc6-c6ccccc64)c4cc(-c6ccc7c(c6)c6ccccc6n7-c6cccc(-c7ccc8c(c7)CC8)c6)ccc4-5)ccc32)c1. The zero-order valence-corrected chi connectivity index (χ0v) is 43.5. The van der Waals surface area contributed by atoms with Crippen LogP contribution in [-0.4, -0.2) is 9.13 Å². The number of aryl methyl sites for hydroxylation is 4. The average Bonchev–Trinajstić information content (AvgIpc) is 3.12. The standard InChI is InChI=1S/C77H50N2/c1-5-19-69-61(15-1)62-16-2-6-20-70(62)77(69)71-45-57(55-33-37-75-67(43-55)65-17-3-7-21-73(65)78(75)59-13-9-11-49(41-59)53-29-25-47-23-27-51(47)39-53)31-35-63(71)64-36-32-58(46-72(64)77)56-34-38-76-68(44-56)66-18-4-8-22-74(66)79(76)60-14-10-12-50(42-60)54-30-26-48-24-28-52(48)40-54/h1-22,25-26,29-46H,23-24,27-28H2. The normalized spacial score (nSPS) is 14.0. The van der Waals surface area contributed by atoms with Gasteiger partial charge in [-0.3, -0.25) is 0 Å². The minimum atomic E-state index is -0.514. The van der Waals surface area contributed by atoms with Gasteiger partial charge in [0.15, 0.2) is 0 Å². The molecule has 1 spiro atoms. The van der Waals surface area contributed by atoms with E-state index in [0.717, 1.165) is 0 Å². The van der Waals surface area contributed by atoms with Gasteiger partial charge in [-0.2, -0.15) is 0 Å². The molecule has 2 heteroatoms. The van der Waals surface area contributed by atoms with Crippen molar-refractivity contribution in [3.63, 3.8) is 0 Å². The quantitative estimate of drug-likeness (QED) is 0.157. The van der Waals surface area contributed by atoms with Crippen molar-refractivity contribution in [2.24, 2.45) is 0 Å². The highest BCUT2D eigenvalue weighted by Gasteiger charge is 2.51. The van der Waals surface area contributed by atoms with Crippen LogP contribution in [0, 0.1) is 0 Å². The van der Waals surface area contributed by atoms with Crippen molar-refractivity contribution >= 4 is 43.6 Å². The van der Waals surface area contributed by atoms with Crippen molar-refractivity contribution in [3.05, 3.63) is 299 Å². The van der Waals surface area contributed by atoms with Gasteiger partial charge in [-0.25, -0.2) is 0 Å². The van der Waals surface area contributed by atoms with E-state index in [1.165, 1.54) is 192 Å². The Kier molecular flexibility index (Phi) is 8.86. The molecule has 4 aliphatic carbocycles. The molecular formula is C77H50N2. The Bertz CT molecular complexity index is 4660. The molecule has 0 radical (unpaired) electrons. The monoisotopic (exact) mass is 1000 g/mol. The summed E-state index contributed by atoms with van der Waals surface area (Å²) in [6.07, 6.45) is 4.75. The number of benzene rings is 12. The zero-order chi connectivity index (χ0) is 51.5. The van der Waals surface area contributed by atoms with Crippen LogP contribution in [-0.2, 0) is 31.1 Å². The fraction of sp³-hybridized carbons (Fsp3) is 0.0649. The number of rotatable bonds is 6. The van der Waals surface area contributed by atoms with Gasteiger partial charge in [-0.15, -0.1) is 0 Å². The van der Waals surface area contributed by atoms with Crippen LogP contribution in [0.15, 0.2) is 255 Å². The number of hydrogen-bond acceptors (Lipinski definition) is 0. The van der Waals surface area contributed by atoms with Gasteiger partial charge in [0.2, 0.25) is 0 Å². The maximum Gasteiger partial charge on any atom is 0.0725 e. The van der Waals surface area contributed by atoms with E-state index in [0.29, 0.717) is 0 Å². The fourth-order valence-electron chi connectivity index (χ4n) is 14.8. The number of fused-ring (bicyclic) bond motifs is 18. The molecule has 0 saturated carbocycles. The second-order valence-corrected chi connectivity index (χ2v) is 22.6. The summed E-state index contributed by atoms with van der Waals surface area (Å²) in [5.74, 6) is 0. The van der Waals surface area contributed by atoms with Crippen LogP contribution in [0.5, 0.6) is 0 Å². The van der Waals surface area contributed by atoms with Crippen molar-refractivity contribution < 1.29 is 0 Å². The van der Waals surface area contributed by atoms with E-state index >= 15 is 0 Å². The van der Waals surface area contributed by atoms with Crippen LogP contribution >= 0.6 is 0 Å². The van der Waals surface area contributed by atoms with Crippen LogP contribution in [0.25, 0.3) is 122 Å². The summed E-state index contributed by atoms with van der Waals surface area (Å²) in [7, 11) is 0. The third-order valence-corrected chi connectivity index (χ3v) is 18.7. The summed E-state index contributed by atoms with van der Waals surface area (Å²) in [5, 5.41) is 5.03. The molecule has 2 aromatic heterocycles. The molecule has 79 heavy (non-hydrogen) atoms. The highest BCUT2D eigenvalue weighted by Crippen LogP contribution is 2.63.